The van der Waals surface area contributed by atoms with E-state index >= 15 is 0 Å². The molecule has 0 amide bonds. The van der Waals surface area contributed by atoms with Gasteiger partial charge in [0.05, 0.1) is 25.0 Å². The smallest absolute Gasteiger partial charge is 0.161 e. The monoisotopic (exact) mass is 282 g/mol. The average Bonchev–Trinajstić information content (AvgIpc) is 2.83. The van der Waals surface area contributed by atoms with Gasteiger partial charge in [-0.2, -0.15) is 5.10 Å². The molecule has 0 saturated heterocycles. The first-order valence-electron chi connectivity index (χ1n) is 7.51. The average molecular weight is 282 g/mol. The van der Waals surface area contributed by atoms with E-state index in [1.807, 2.05) is 4.68 Å². The molecule has 5 heteroatoms. The Hall–Kier alpha value is -1.07. The van der Waals surface area contributed by atoms with Crippen LogP contribution in [0.3, 0.4) is 0 Å². The Morgan fingerprint density at radius 1 is 1.35 bits per heavy atom. The summed E-state index contributed by atoms with van der Waals surface area (Å²) in [6.07, 6.45) is 4.77. The molecule has 0 aromatic carbocycles. The van der Waals surface area contributed by atoms with E-state index in [1.165, 1.54) is 0 Å². The van der Waals surface area contributed by atoms with Gasteiger partial charge in [0.2, 0.25) is 0 Å². The lowest BCUT2D eigenvalue weighted by molar-refractivity contribution is 0.100. The number of aryl methyl sites for hydroxylation is 1. The minimum Gasteiger partial charge on any atom is -0.493 e. The lowest BCUT2D eigenvalue weighted by Gasteiger charge is -2.43. The maximum absolute atomic E-state index is 6.67. The Bertz CT molecular complexity index is 410. The first-order chi connectivity index (χ1) is 9.48. The number of nitrogens with two attached hydrogens (primary N) is 1. The second kappa shape index (κ2) is 7.09. The molecule has 1 unspecified atom stereocenters. The SMILES string of the molecule is CCCn1ncc(OC)c1C(N)C(CC)(CC)N(C)C. The number of ether oxygens (including phenoxy) is 1. The van der Waals surface area contributed by atoms with Crippen LogP contribution in [0.5, 0.6) is 5.75 Å². The van der Waals surface area contributed by atoms with Crippen molar-refractivity contribution in [3.8, 4) is 5.75 Å². The zero-order chi connectivity index (χ0) is 15.3. The molecule has 0 aliphatic carbocycles. The maximum Gasteiger partial charge on any atom is 0.161 e. The Morgan fingerprint density at radius 3 is 2.35 bits per heavy atom. The Morgan fingerprint density at radius 2 is 1.95 bits per heavy atom. The predicted octanol–water partition coefficient (Wildman–Crippen LogP) is 2.42. The van der Waals surface area contributed by atoms with E-state index in [0.717, 1.165) is 37.3 Å². The van der Waals surface area contributed by atoms with Crippen molar-refractivity contribution in [1.82, 2.24) is 14.7 Å². The summed E-state index contributed by atoms with van der Waals surface area (Å²) in [6.45, 7) is 7.39. The highest BCUT2D eigenvalue weighted by atomic mass is 16.5. The topological polar surface area (TPSA) is 56.3 Å². The molecule has 20 heavy (non-hydrogen) atoms. The molecule has 1 aromatic rings. The van der Waals surface area contributed by atoms with Crippen molar-refractivity contribution in [3.05, 3.63) is 11.9 Å². The van der Waals surface area contributed by atoms with Gasteiger partial charge in [-0.15, -0.1) is 0 Å². The highest BCUT2D eigenvalue weighted by Gasteiger charge is 2.39. The largest absolute Gasteiger partial charge is 0.493 e. The number of likely N-dealkylation sites (N-methyl/N-ethyl adjacent to an activating group) is 1. The minimum absolute atomic E-state index is 0.0845. The molecule has 0 bridgehead atoms. The number of hydrogen-bond acceptors (Lipinski definition) is 4. The molecule has 0 aliphatic rings. The summed E-state index contributed by atoms with van der Waals surface area (Å²) in [5.41, 5.74) is 7.59. The van der Waals surface area contributed by atoms with Gasteiger partial charge in [-0.3, -0.25) is 4.68 Å². The number of hydrogen-bond donors (Lipinski definition) is 1. The standard InChI is InChI=1S/C15H30N4O/c1-7-10-19-13(12(20-6)11-17-19)14(16)15(8-2,9-3)18(4)5/h11,14H,7-10,16H2,1-6H3. The second-order valence-electron chi connectivity index (χ2n) is 5.50. The molecule has 0 saturated carbocycles. The van der Waals surface area contributed by atoms with E-state index in [9.17, 15) is 0 Å². The van der Waals surface area contributed by atoms with Crippen LogP contribution < -0.4 is 10.5 Å². The quantitative estimate of drug-likeness (QED) is 0.795. The third-order valence-electron chi connectivity index (χ3n) is 4.49. The lowest BCUT2D eigenvalue weighted by Crippen LogP contribution is -2.52. The fourth-order valence-corrected chi connectivity index (χ4v) is 3.09. The van der Waals surface area contributed by atoms with Crippen molar-refractivity contribution < 1.29 is 4.74 Å². The second-order valence-corrected chi connectivity index (χ2v) is 5.50. The van der Waals surface area contributed by atoms with Gasteiger partial charge in [-0.05, 0) is 33.4 Å². The van der Waals surface area contributed by atoms with Crippen LogP contribution in [0.15, 0.2) is 6.20 Å². The summed E-state index contributed by atoms with van der Waals surface area (Å²) in [6, 6.07) is -0.128. The van der Waals surface area contributed by atoms with Gasteiger partial charge >= 0.3 is 0 Å². The Labute approximate surface area is 123 Å². The summed E-state index contributed by atoms with van der Waals surface area (Å²) in [4.78, 5) is 2.24. The highest BCUT2D eigenvalue weighted by Crippen LogP contribution is 2.37. The van der Waals surface area contributed by atoms with E-state index in [2.05, 4.69) is 44.9 Å². The molecule has 0 fully saturated rings. The van der Waals surface area contributed by atoms with Crippen molar-refractivity contribution in [1.29, 1.82) is 0 Å². The van der Waals surface area contributed by atoms with Gasteiger partial charge < -0.3 is 15.4 Å². The summed E-state index contributed by atoms with van der Waals surface area (Å²) < 4.78 is 7.47. The normalized spacial score (nSPS) is 13.8. The fourth-order valence-electron chi connectivity index (χ4n) is 3.09. The molecular formula is C15H30N4O. The molecule has 0 radical (unpaired) electrons. The molecule has 0 spiro atoms. The van der Waals surface area contributed by atoms with Crippen molar-refractivity contribution in [2.24, 2.45) is 5.73 Å². The first kappa shape index (κ1) is 17.0. The number of methoxy groups -OCH3 is 1. The lowest BCUT2D eigenvalue weighted by atomic mass is 9.81. The van der Waals surface area contributed by atoms with E-state index in [1.54, 1.807) is 13.3 Å². The van der Waals surface area contributed by atoms with Crippen molar-refractivity contribution in [3.63, 3.8) is 0 Å². The van der Waals surface area contributed by atoms with E-state index in [0.29, 0.717) is 0 Å². The Balaban J connectivity index is 3.29. The predicted molar refractivity (Wildman–Crippen MR) is 83.0 cm³/mol. The van der Waals surface area contributed by atoms with Crippen LogP contribution in [0, 0.1) is 0 Å². The molecule has 1 heterocycles. The van der Waals surface area contributed by atoms with Gasteiger partial charge in [0.1, 0.15) is 0 Å². The minimum atomic E-state index is -0.128. The Kier molecular flexibility index (Phi) is 6.02. The third-order valence-corrected chi connectivity index (χ3v) is 4.49. The van der Waals surface area contributed by atoms with Gasteiger partial charge in [0, 0.05) is 12.1 Å². The van der Waals surface area contributed by atoms with E-state index in [-0.39, 0.29) is 11.6 Å². The van der Waals surface area contributed by atoms with Gasteiger partial charge in [0.25, 0.3) is 0 Å². The van der Waals surface area contributed by atoms with Crippen LogP contribution in [0.1, 0.15) is 51.8 Å². The number of rotatable bonds is 8. The van der Waals surface area contributed by atoms with E-state index < -0.39 is 0 Å². The van der Waals surface area contributed by atoms with Crippen LogP contribution >= 0.6 is 0 Å². The zero-order valence-corrected chi connectivity index (χ0v) is 13.8. The van der Waals surface area contributed by atoms with Crippen LogP contribution in [0.25, 0.3) is 0 Å². The molecule has 116 valence electrons. The summed E-state index contributed by atoms with van der Waals surface area (Å²) in [7, 11) is 5.87. The van der Waals surface area contributed by atoms with Crippen molar-refractivity contribution >= 4 is 0 Å². The zero-order valence-electron chi connectivity index (χ0n) is 13.8. The summed E-state index contributed by atoms with van der Waals surface area (Å²) in [5.74, 6) is 0.791. The molecule has 1 atom stereocenters. The number of nitrogens with zero attached hydrogens (tertiary/aromatic N) is 3. The van der Waals surface area contributed by atoms with Crippen LogP contribution in [0.4, 0.5) is 0 Å². The van der Waals surface area contributed by atoms with Crippen LogP contribution in [-0.2, 0) is 6.54 Å². The molecule has 1 aromatic heterocycles. The molecule has 1 rings (SSSR count). The highest BCUT2D eigenvalue weighted by molar-refractivity contribution is 5.31. The first-order valence-corrected chi connectivity index (χ1v) is 7.51. The number of aromatic nitrogens is 2. The molecular weight excluding hydrogens is 252 g/mol. The van der Waals surface area contributed by atoms with Crippen LogP contribution in [-0.4, -0.2) is 41.4 Å². The third kappa shape index (κ3) is 2.83. The molecule has 0 aliphatic heterocycles. The van der Waals surface area contributed by atoms with Crippen LogP contribution in [0.2, 0.25) is 0 Å². The summed E-state index contributed by atoms with van der Waals surface area (Å²) in [5, 5.41) is 4.43. The molecule has 2 N–H and O–H groups in total. The van der Waals surface area contributed by atoms with Gasteiger partial charge in [0.15, 0.2) is 5.75 Å². The fraction of sp³-hybridized carbons (Fsp3) is 0.800. The maximum atomic E-state index is 6.67. The van der Waals surface area contributed by atoms with Gasteiger partial charge in [-0.25, -0.2) is 0 Å². The van der Waals surface area contributed by atoms with Gasteiger partial charge in [-0.1, -0.05) is 20.8 Å². The van der Waals surface area contributed by atoms with E-state index in [4.69, 9.17) is 10.5 Å². The summed E-state index contributed by atoms with van der Waals surface area (Å²) >= 11 is 0. The molecule has 5 nitrogen and oxygen atoms in total. The van der Waals surface area contributed by atoms with Crippen molar-refractivity contribution in [2.45, 2.75) is 58.2 Å². The van der Waals surface area contributed by atoms with Crippen molar-refractivity contribution in [2.75, 3.05) is 21.2 Å².